The van der Waals surface area contributed by atoms with Gasteiger partial charge in [-0.05, 0) is 37.1 Å². The number of hydrogen-bond donors (Lipinski definition) is 5. The van der Waals surface area contributed by atoms with Gasteiger partial charge in [-0.1, -0.05) is 13.3 Å². The van der Waals surface area contributed by atoms with Gasteiger partial charge in [0.1, 0.15) is 12.1 Å². The van der Waals surface area contributed by atoms with Gasteiger partial charge in [-0.15, -0.1) is 5.53 Å². The number of alkyl halides is 3. The van der Waals surface area contributed by atoms with Crippen LogP contribution < -0.4 is 26.6 Å². The third kappa shape index (κ3) is 6.64. The fourth-order valence-corrected chi connectivity index (χ4v) is 2.70. The van der Waals surface area contributed by atoms with Crippen LogP contribution in [-0.4, -0.2) is 36.2 Å². The Labute approximate surface area is 166 Å². The number of halogens is 3. The number of aliphatic hydroxyl groups excluding tert-OH is 1. The van der Waals surface area contributed by atoms with Crippen molar-refractivity contribution in [2.75, 3.05) is 23.5 Å². The first kappa shape index (κ1) is 22.5. The molecule has 1 aliphatic rings. The second-order valence-electron chi connectivity index (χ2n) is 6.36. The van der Waals surface area contributed by atoms with Gasteiger partial charge in [0, 0.05) is 18.8 Å². The fourth-order valence-electron chi connectivity index (χ4n) is 2.70. The maximum absolute atomic E-state index is 12.4. The number of carbonyl (C=O) groups is 2. The summed E-state index contributed by atoms with van der Waals surface area (Å²) in [6.07, 6.45) is -4.31. The molecule has 0 saturated carbocycles. The molecule has 0 radical (unpaired) electrons. The van der Waals surface area contributed by atoms with E-state index < -0.39 is 18.5 Å². The second-order valence-corrected chi connectivity index (χ2v) is 6.36. The number of nitrogens with zero attached hydrogens (tertiary/aromatic N) is 1. The van der Waals surface area contributed by atoms with Crippen LogP contribution in [0.3, 0.4) is 0 Å². The fraction of sp³-hybridized carbons (Fsp3) is 0.444. The van der Waals surface area contributed by atoms with Crippen molar-refractivity contribution in [1.82, 2.24) is 16.3 Å². The quantitative estimate of drug-likeness (QED) is 0.395. The van der Waals surface area contributed by atoms with Crippen molar-refractivity contribution in [3.8, 4) is 0 Å². The summed E-state index contributed by atoms with van der Waals surface area (Å²) in [4.78, 5) is 23.8. The van der Waals surface area contributed by atoms with Crippen LogP contribution in [0.1, 0.15) is 32.6 Å². The van der Waals surface area contributed by atoms with Crippen molar-refractivity contribution in [2.45, 2.75) is 38.8 Å². The maximum Gasteiger partial charge on any atom is 0.397 e. The summed E-state index contributed by atoms with van der Waals surface area (Å²) in [5, 5.41) is 15.4. The number of benzene rings is 1. The van der Waals surface area contributed by atoms with Crippen LogP contribution in [0, 0.1) is 0 Å². The molecule has 0 aliphatic carbocycles. The largest absolute Gasteiger partial charge is 0.397 e. The van der Waals surface area contributed by atoms with E-state index in [4.69, 9.17) is 5.11 Å². The van der Waals surface area contributed by atoms with Crippen LogP contribution in [0.15, 0.2) is 35.7 Å². The molecular formula is C18H24F3N5O3. The monoisotopic (exact) mass is 415 g/mol. The Morgan fingerprint density at radius 1 is 1.21 bits per heavy atom. The lowest BCUT2D eigenvalue weighted by atomic mass is 10.1. The molecule has 1 heterocycles. The highest BCUT2D eigenvalue weighted by atomic mass is 19.4. The molecule has 160 valence electrons. The number of allylic oxidation sites excluding steroid dienone is 1. The van der Waals surface area contributed by atoms with Crippen molar-refractivity contribution >= 4 is 23.2 Å². The normalized spacial score (nSPS) is 14.0. The van der Waals surface area contributed by atoms with Gasteiger partial charge in [0.05, 0.1) is 11.4 Å². The predicted molar refractivity (Wildman–Crippen MR) is 101 cm³/mol. The standard InChI is InChI=1S/C18H24F3N5O3/c1-2-4-14-16(17(29)22-9-3-10-27)24-25-26(14)13-7-5-12(6-8-13)23-15(28)11-18(19,20)21/h5-8,24-25,27H,2-4,9-11H2,1H3,(H,22,29)(H,23,28). The van der Waals surface area contributed by atoms with Gasteiger partial charge in [0.25, 0.3) is 5.91 Å². The van der Waals surface area contributed by atoms with Gasteiger partial charge in [-0.3, -0.25) is 20.0 Å². The highest BCUT2D eigenvalue weighted by Gasteiger charge is 2.31. The van der Waals surface area contributed by atoms with E-state index >= 15 is 0 Å². The van der Waals surface area contributed by atoms with Gasteiger partial charge < -0.3 is 15.7 Å². The van der Waals surface area contributed by atoms with Crippen molar-refractivity contribution < 1.29 is 27.9 Å². The number of amides is 2. The minimum atomic E-state index is -4.57. The summed E-state index contributed by atoms with van der Waals surface area (Å²) in [7, 11) is 0. The summed E-state index contributed by atoms with van der Waals surface area (Å²) >= 11 is 0. The van der Waals surface area contributed by atoms with E-state index in [2.05, 4.69) is 21.6 Å². The molecule has 0 atom stereocenters. The molecule has 2 amide bonds. The molecule has 1 aromatic carbocycles. The van der Waals surface area contributed by atoms with Gasteiger partial charge in [-0.2, -0.15) is 13.2 Å². The Balaban J connectivity index is 2.10. The molecule has 2 rings (SSSR count). The highest BCUT2D eigenvalue weighted by Crippen LogP contribution is 2.27. The van der Waals surface area contributed by atoms with Gasteiger partial charge in [0.2, 0.25) is 5.91 Å². The Bertz CT molecular complexity index is 750. The molecule has 5 N–H and O–H groups in total. The van der Waals surface area contributed by atoms with E-state index in [0.717, 1.165) is 6.42 Å². The first-order valence-electron chi connectivity index (χ1n) is 9.15. The average molecular weight is 415 g/mol. The number of anilines is 2. The van der Waals surface area contributed by atoms with E-state index in [0.29, 0.717) is 36.5 Å². The maximum atomic E-state index is 12.4. The SMILES string of the molecule is CCCC1=C(C(=O)NCCCO)NNN1c1ccc(NC(=O)CC(F)(F)F)cc1. The molecule has 11 heteroatoms. The number of hydrogen-bond acceptors (Lipinski definition) is 6. The molecule has 0 saturated heterocycles. The molecule has 1 aliphatic heterocycles. The highest BCUT2D eigenvalue weighted by molar-refractivity contribution is 5.95. The summed E-state index contributed by atoms with van der Waals surface area (Å²) in [5.41, 5.74) is 7.63. The zero-order valence-corrected chi connectivity index (χ0v) is 15.9. The summed E-state index contributed by atoms with van der Waals surface area (Å²) < 4.78 is 36.8. The van der Waals surface area contributed by atoms with Crippen molar-refractivity contribution in [3.05, 3.63) is 35.7 Å². The van der Waals surface area contributed by atoms with Gasteiger partial charge in [-0.25, -0.2) is 0 Å². The van der Waals surface area contributed by atoms with E-state index in [9.17, 15) is 22.8 Å². The van der Waals surface area contributed by atoms with Gasteiger partial charge in [0.15, 0.2) is 0 Å². The molecule has 0 unspecified atom stereocenters. The van der Waals surface area contributed by atoms with E-state index in [1.165, 1.54) is 12.1 Å². The topological polar surface area (TPSA) is 106 Å². The molecule has 0 spiro atoms. The van der Waals surface area contributed by atoms with E-state index in [1.54, 1.807) is 17.1 Å². The van der Waals surface area contributed by atoms with Crippen LogP contribution in [-0.2, 0) is 9.59 Å². The molecule has 0 aromatic heterocycles. The number of carbonyl (C=O) groups excluding carboxylic acids is 2. The lowest BCUT2D eigenvalue weighted by Crippen LogP contribution is -2.40. The Morgan fingerprint density at radius 2 is 1.90 bits per heavy atom. The number of hydrazine groups is 2. The van der Waals surface area contributed by atoms with Crippen LogP contribution in [0.2, 0.25) is 0 Å². The number of aliphatic hydroxyl groups is 1. The summed E-state index contributed by atoms with van der Waals surface area (Å²) in [6, 6.07) is 6.18. The molecule has 0 bridgehead atoms. The van der Waals surface area contributed by atoms with Crippen LogP contribution >= 0.6 is 0 Å². The molecule has 1 aromatic rings. The van der Waals surface area contributed by atoms with Gasteiger partial charge >= 0.3 is 6.18 Å². The van der Waals surface area contributed by atoms with Crippen molar-refractivity contribution in [3.63, 3.8) is 0 Å². The smallest absolute Gasteiger partial charge is 0.396 e. The van der Waals surface area contributed by atoms with E-state index in [-0.39, 0.29) is 18.2 Å². The Morgan fingerprint density at radius 3 is 2.48 bits per heavy atom. The van der Waals surface area contributed by atoms with Crippen molar-refractivity contribution in [1.29, 1.82) is 0 Å². The summed E-state index contributed by atoms with van der Waals surface area (Å²) in [6.45, 7) is 2.28. The first-order valence-corrected chi connectivity index (χ1v) is 9.15. The second kappa shape index (κ2) is 10.1. The van der Waals surface area contributed by atoms with Crippen molar-refractivity contribution in [2.24, 2.45) is 0 Å². The van der Waals surface area contributed by atoms with E-state index in [1.807, 2.05) is 6.92 Å². The zero-order valence-electron chi connectivity index (χ0n) is 15.9. The molecule has 8 nitrogen and oxygen atoms in total. The van der Waals surface area contributed by atoms with Crippen LogP contribution in [0.25, 0.3) is 0 Å². The summed E-state index contributed by atoms with van der Waals surface area (Å²) in [5.74, 6) is -1.45. The Kier molecular flexibility index (Phi) is 7.85. The zero-order chi connectivity index (χ0) is 21.4. The number of nitrogens with one attached hydrogen (secondary N) is 4. The third-order valence-electron chi connectivity index (χ3n) is 3.96. The predicted octanol–water partition coefficient (Wildman–Crippen LogP) is 1.92. The molecule has 0 fully saturated rings. The Hall–Kier alpha value is -2.79. The first-order chi connectivity index (χ1) is 13.7. The molecular weight excluding hydrogens is 391 g/mol. The van der Waals surface area contributed by atoms with Crippen LogP contribution in [0.5, 0.6) is 0 Å². The number of rotatable bonds is 9. The lowest BCUT2D eigenvalue weighted by Gasteiger charge is -2.21. The van der Waals surface area contributed by atoms with Crippen LogP contribution in [0.4, 0.5) is 24.5 Å². The minimum absolute atomic E-state index is 0.0230. The molecule has 29 heavy (non-hydrogen) atoms. The minimum Gasteiger partial charge on any atom is -0.396 e. The lowest BCUT2D eigenvalue weighted by molar-refractivity contribution is -0.150. The third-order valence-corrected chi connectivity index (χ3v) is 3.96. The average Bonchev–Trinajstić information content (AvgIpc) is 3.05.